The number of rotatable bonds is 3. The van der Waals surface area contributed by atoms with Gasteiger partial charge in [0.1, 0.15) is 5.82 Å². The number of benzene rings is 1. The summed E-state index contributed by atoms with van der Waals surface area (Å²) < 4.78 is 13.9. The van der Waals surface area contributed by atoms with E-state index in [-0.39, 0.29) is 16.8 Å². The predicted octanol–water partition coefficient (Wildman–Crippen LogP) is 3.49. The molecule has 1 fully saturated rings. The van der Waals surface area contributed by atoms with Gasteiger partial charge in [-0.25, -0.2) is 4.39 Å². The molecule has 0 amide bonds. The first-order valence-corrected chi connectivity index (χ1v) is 6.35. The highest BCUT2D eigenvalue weighted by atomic mass is 19.1. The van der Waals surface area contributed by atoms with Crippen molar-refractivity contribution < 1.29 is 4.39 Å². The van der Waals surface area contributed by atoms with Crippen LogP contribution < -0.4 is 5.32 Å². The van der Waals surface area contributed by atoms with E-state index in [1.807, 2.05) is 12.1 Å². The second kappa shape index (κ2) is 4.09. The third-order valence-corrected chi connectivity index (χ3v) is 3.80. The fourth-order valence-corrected chi connectivity index (χ4v) is 2.49. The van der Waals surface area contributed by atoms with Gasteiger partial charge in [-0.15, -0.1) is 0 Å². The van der Waals surface area contributed by atoms with Crippen LogP contribution in [0.1, 0.15) is 39.7 Å². The van der Waals surface area contributed by atoms with E-state index >= 15 is 0 Å². The van der Waals surface area contributed by atoms with Crippen molar-refractivity contribution in [3.63, 3.8) is 0 Å². The van der Waals surface area contributed by atoms with Crippen LogP contribution >= 0.6 is 0 Å². The van der Waals surface area contributed by atoms with E-state index in [0.29, 0.717) is 5.92 Å². The molecule has 1 aromatic carbocycles. The molecule has 1 N–H and O–H groups in total. The van der Waals surface area contributed by atoms with Gasteiger partial charge in [-0.3, -0.25) is 0 Å². The molecule has 0 radical (unpaired) electrons. The monoisotopic (exact) mass is 235 g/mol. The van der Waals surface area contributed by atoms with Crippen LogP contribution in [0.3, 0.4) is 0 Å². The van der Waals surface area contributed by atoms with Crippen LogP contribution in [0.4, 0.5) is 4.39 Å². The standard InChI is InChI=1S/C15H22FN/c1-11-9-15(11,10-17-14(2,3)4)12-7-5-6-8-13(12)16/h5-8,11,17H,9-10H2,1-4H3. The van der Waals surface area contributed by atoms with Crippen molar-refractivity contribution in [3.8, 4) is 0 Å². The van der Waals surface area contributed by atoms with Gasteiger partial charge in [0.15, 0.2) is 0 Å². The molecule has 1 aliphatic carbocycles. The lowest BCUT2D eigenvalue weighted by Crippen LogP contribution is -2.41. The lowest BCUT2D eigenvalue weighted by molar-refractivity contribution is 0.386. The predicted molar refractivity (Wildman–Crippen MR) is 69.6 cm³/mol. The van der Waals surface area contributed by atoms with Crippen LogP contribution in [0.25, 0.3) is 0 Å². The fraction of sp³-hybridized carbons (Fsp3) is 0.600. The van der Waals surface area contributed by atoms with Crippen molar-refractivity contribution in [3.05, 3.63) is 35.6 Å². The Hall–Kier alpha value is -0.890. The second-order valence-electron chi connectivity index (χ2n) is 6.34. The topological polar surface area (TPSA) is 12.0 Å². The Labute approximate surface area is 103 Å². The van der Waals surface area contributed by atoms with E-state index in [2.05, 4.69) is 33.0 Å². The zero-order valence-electron chi connectivity index (χ0n) is 11.2. The SMILES string of the molecule is CC1CC1(CNC(C)(C)C)c1ccccc1F. The summed E-state index contributed by atoms with van der Waals surface area (Å²) in [6.07, 6.45) is 1.08. The van der Waals surface area contributed by atoms with Gasteiger partial charge < -0.3 is 5.32 Å². The van der Waals surface area contributed by atoms with Crippen molar-refractivity contribution in [1.82, 2.24) is 5.32 Å². The van der Waals surface area contributed by atoms with E-state index in [0.717, 1.165) is 18.5 Å². The molecule has 17 heavy (non-hydrogen) atoms. The minimum absolute atomic E-state index is 0.0125. The minimum Gasteiger partial charge on any atom is -0.311 e. The number of hydrogen-bond acceptors (Lipinski definition) is 1. The lowest BCUT2D eigenvalue weighted by atomic mass is 9.92. The van der Waals surface area contributed by atoms with Crippen molar-refractivity contribution >= 4 is 0 Å². The first kappa shape index (κ1) is 12.6. The Bertz CT molecular complexity index is 408. The molecule has 1 nitrogen and oxygen atoms in total. The van der Waals surface area contributed by atoms with Gasteiger partial charge in [0.2, 0.25) is 0 Å². The molecule has 0 bridgehead atoms. The third kappa shape index (κ3) is 2.52. The Balaban J connectivity index is 2.19. The van der Waals surface area contributed by atoms with Gasteiger partial charge in [0.25, 0.3) is 0 Å². The van der Waals surface area contributed by atoms with Gasteiger partial charge in [0.05, 0.1) is 0 Å². The molecule has 1 saturated carbocycles. The van der Waals surface area contributed by atoms with E-state index in [4.69, 9.17) is 0 Å². The molecule has 2 unspecified atom stereocenters. The quantitative estimate of drug-likeness (QED) is 0.845. The Morgan fingerprint density at radius 1 is 1.35 bits per heavy atom. The highest BCUT2D eigenvalue weighted by Gasteiger charge is 2.53. The molecule has 0 saturated heterocycles. The zero-order chi connectivity index (χ0) is 12.7. The molecular formula is C15H22FN. The van der Waals surface area contributed by atoms with E-state index < -0.39 is 0 Å². The number of nitrogens with one attached hydrogen (secondary N) is 1. The average Bonchev–Trinajstić information content (AvgIpc) is 2.87. The summed E-state index contributed by atoms with van der Waals surface area (Å²) in [7, 11) is 0. The number of halogens is 1. The molecule has 94 valence electrons. The molecule has 1 aliphatic rings. The maximum atomic E-state index is 13.9. The zero-order valence-corrected chi connectivity index (χ0v) is 11.2. The maximum absolute atomic E-state index is 13.9. The summed E-state index contributed by atoms with van der Waals surface area (Å²) in [5, 5.41) is 3.51. The van der Waals surface area contributed by atoms with Gasteiger partial charge in [-0.1, -0.05) is 25.1 Å². The smallest absolute Gasteiger partial charge is 0.127 e. The highest BCUT2D eigenvalue weighted by molar-refractivity contribution is 5.35. The van der Waals surface area contributed by atoms with Gasteiger partial charge >= 0.3 is 0 Å². The van der Waals surface area contributed by atoms with Gasteiger partial charge in [-0.05, 0) is 44.7 Å². The molecule has 0 aliphatic heterocycles. The van der Waals surface area contributed by atoms with Gasteiger partial charge in [0, 0.05) is 17.5 Å². The van der Waals surface area contributed by atoms with Crippen LogP contribution in [0.2, 0.25) is 0 Å². The first-order chi connectivity index (χ1) is 7.85. The molecule has 0 aromatic heterocycles. The van der Waals surface area contributed by atoms with Crippen LogP contribution in [0.5, 0.6) is 0 Å². The molecule has 2 heteroatoms. The van der Waals surface area contributed by atoms with E-state index in [1.165, 1.54) is 0 Å². The molecule has 2 atom stereocenters. The van der Waals surface area contributed by atoms with Crippen molar-refractivity contribution in [2.45, 2.75) is 45.1 Å². The maximum Gasteiger partial charge on any atom is 0.127 e. The lowest BCUT2D eigenvalue weighted by Gasteiger charge is -2.26. The highest BCUT2D eigenvalue weighted by Crippen LogP contribution is 2.54. The minimum atomic E-state index is -0.0624. The second-order valence-corrected chi connectivity index (χ2v) is 6.34. The average molecular weight is 235 g/mol. The Morgan fingerprint density at radius 2 is 1.94 bits per heavy atom. The van der Waals surface area contributed by atoms with Crippen molar-refractivity contribution in [2.24, 2.45) is 5.92 Å². The molecule has 1 aromatic rings. The van der Waals surface area contributed by atoms with Crippen molar-refractivity contribution in [2.75, 3.05) is 6.54 Å². The summed E-state index contributed by atoms with van der Waals surface area (Å²) in [5.74, 6) is 0.502. The summed E-state index contributed by atoms with van der Waals surface area (Å²) in [5.41, 5.74) is 0.975. The van der Waals surface area contributed by atoms with Crippen LogP contribution in [-0.2, 0) is 5.41 Å². The van der Waals surface area contributed by atoms with E-state index in [1.54, 1.807) is 12.1 Å². The summed E-state index contributed by atoms with van der Waals surface area (Å²) in [6, 6.07) is 7.20. The van der Waals surface area contributed by atoms with Crippen LogP contribution in [0.15, 0.2) is 24.3 Å². The van der Waals surface area contributed by atoms with Crippen LogP contribution in [-0.4, -0.2) is 12.1 Å². The summed E-state index contributed by atoms with van der Waals surface area (Å²) in [6.45, 7) is 9.51. The molecular weight excluding hydrogens is 213 g/mol. The summed E-state index contributed by atoms with van der Waals surface area (Å²) >= 11 is 0. The van der Waals surface area contributed by atoms with E-state index in [9.17, 15) is 4.39 Å². The third-order valence-electron chi connectivity index (χ3n) is 3.80. The van der Waals surface area contributed by atoms with Crippen molar-refractivity contribution in [1.29, 1.82) is 0 Å². The number of hydrogen-bond donors (Lipinski definition) is 1. The van der Waals surface area contributed by atoms with Crippen LogP contribution in [0, 0.1) is 11.7 Å². The normalized spacial score (nSPS) is 28.2. The fourth-order valence-electron chi connectivity index (χ4n) is 2.49. The summed E-state index contributed by atoms with van der Waals surface area (Å²) in [4.78, 5) is 0. The Kier molecular flexibility index (Phi) is 3.03. The molecule has 0 spiro atoms. The van der Waals surface area contributed by atoms with Gasteiger partial charge in [-0.2, -0.15) is 0 Å². The largest absolute Gasteiger partial charge is 0.311 e. The first-order valence-electron chi connectivity index (χ1n) is 6.35. The molecule has 2 rings (SSSR count). The molecule has 0 heterocycles. The Morgan fingerprint density at radius 3 is 2.41 bits per heavy atom.